The molecule has 0 aliphatic carbocycles. The molecule has 0 spiro atoms. The van der Waals surface area contributed by atoms with E-state index in [1.807, 2.05) is 47.0 Å². The van der Waals surface area contributed by atoms with Crippen LogP contribution in [0.15, 0.2) is 25.4 Å². The minimum absolute atomic E-state index is 0.00381. The Labute approximate surface area is 184 Å². The van der Waals surface area contributed by atoms with Crippen molar-refractivity contribution >= 4 is 106 Å². The molecule has 2 N–H and O–H groups in total. The van der Waals surface area contributed by atoms with Gasteiger partial charge in [0.25, 0.3) is 0 Å². The minimum atomic E-state index is -0.871. The maximum Gasteiger partial charge on any atom is 0.304 e. The normalized spacial score (nSPS) is 28.5. The molecular formula is C14H12O4S8. The summed E-state index contributed by atoms with van der Waals surface area (Å²) in [5.41, 5.74) is 0. The van der Waals surface area contributed by atoms with Crippen molar-refractivity contribution in [3.63, 3.8) is 0 Å². The van der Waals surface area contributed by atoms with Crippen molar-refractivity contribution in [1.82, 2.24) is 0 Å². The number of rotatable bonds is 4. The molecule has 4 aliphatic rings. The molecule has 0 aromatic heterocycles. The highest BCUT2D eigenvalue weighted by Crippen LogP contribution is 2.69. The average Bonchev–Trinajstić information content (AvgIpc) is 3.17. The first-order chi connectivity index (χ1) is 12.5. The zero-order valence-corrected chi connectivity index (χ0v) is 19.5. The molecule has 0 amide bonds. The second-order valence-corrected chi connectivity index (χ2v) is 15.7. The van der Waals surface area contributed by atoms with Gasteiger partial charge in [0.2, 0.25) is 0 Å². The Balaban J connectivity index is 1.49. The molecule has 0 fully saturated rings. The first kappa shape index (κ1) is 20.2. The van der Waals surface area contributed by atoms with Crippen LogP contribution in [0.1, 0.15) is 12.8 Å². The van der Waals surface area contributed by atoms with E-state index in [-0.39, 0.29) is 23.3 Å². The maximum absolute atomic E-state index is 11.2. The second kappa shape index (κ2) is 8.76. The molecule has 0 aromatic carbocycles. The summed E-state index contributed by atoms with van der Waals surface area (Å²) in [5, 5.41) is 17.9. The van der Waals surface area contributed by atoms with Crippen molar-refractivity contribution in [2.24, 2.45) is 0 Å². The number of hydrogen-bond acceptors (Lipinski definition) is 10. The van der Waals surface area contributed by atoms with Crippen molar-refractivity contribution in [1.29, 1.82) is 0 Å². The first-order valence-electron chi connectivity index (χ1n) is 7.46. The molecule has 0 aromatic rings. The lowest BCUT2D eigenvalue weighted by Crippen LogP contribution is -2.27. The summed E-state index contributed by atoms with van der Waals surface area (Å²) in [6.07, 6.45) is -0.00763. The smallest absolute Gasteiger partial charge is 0.304 e. The summed E-state index contributed by atoms with van der Waals surface area (Å²) in [7, 11) is 0. The van der Waals surface area contributed by atoms with Crippen molar-refractivity contribution in [3.05, 3.63) is 25.4 Å². The van der Waals surface area contributed by atoms with E-state index in [1.165, 1.54) is 16.9 Å². The number of carboxylic acids is 2. The largest absolute Gasteiger partial charge is 0.481 e. The molecule has 4 nitrogen and oxygen atoms in total. The molecule has 0 bridgehead atoms. The predicted octanol–water partition coefficient (Wildman–Crippen LogP) is 5.97. The van der Waals surface area contributed by atoms with Crippen molar-refractivity contribution in [3.8, 4) is 0 Å². The van der Waals surface area contributed by atoms with Crippen LogP contribution in [0.3, 0.4) is 0 Å². The quantitative estimate of drug-likeness (QED) is 0.477. The van der Waals surface area contributed by atoms with Crippen LogP contribution < -0.4 is 0 Å². The number of carbonyl (C=O) groups is 2. The average molecular weight is 501 g/mol. The third kappa shape index (κ3) is 4.58. The topological polar surface area (TPSA) is 74.6 Å². The fourth-order valence-electron chi connectivity index (χ4n) is 2.42. The van der Waals surface area contributed by atoms with Gasteiger partial charge in [0.15, 0.2) is 0 Å². The maximum atomic E-state index is 11.2. The summed E-state index contributed by atoms with van der Waals surface area (Å²) in [6, 6.07) is 0. The molecule has 0 saturated carbocycles. The van der Waals surface area contributed by atoms with Crippen LogP contribution in [0.5, 0.6) is 0 Å². The molecule has 26 heavy (non-hydrogen) atoms. The van der Waals surface area contributed by atoms with E-state index in [9.17, 15) is 19.8 Å². The van der Waals surface area contributed by atoms with Crippen molar-refractivity contribution in [2.75, 3.05) is 11.5 Å². The van der Waals surface area contributed by atoms with Gasteiger partial charge in [0.1, 0.15) is 0 Å². The Morgan fingerprint density at radius 3 is 1.46 bits per heavy atom. The Morgan fingerprint density at radius 2 is 1.08 bits per heavy atom. The van der Waals surface area contributed by atoms with E-state index < -0.39 is 11.9 Å². The number of thioether (sulfide) groups is 8. The lowest BCUT2D eigenvalue weighted by Gasteiger charge is -2.28. The molecule has 4 aliphatic heterocycles. The fourth-order valence-corrected chi connectivity index (χ4v) is 15.4. The van der Waals surface area contributed by atoms with Gasteiger partial charge in [-0.2, -0.15) is 0 Å². The van der Waals surface area contributed by atoms with Gasteiger partial charge in [-0.15, -0.1) is 47.0 Å². The molecule has 0 radical (unpaired) electrons. The van der Waals surface area contributed by atoms with Gasteiger partial charge >= 0.3 is 11.9 Å². The number of carboxylic acid groups (broad SMARTS) is 2. The van der Waals surface area contributed by atoms with Crippen LogP contribution in [0, 0.1) is 0 Å². The molecular weight excluding hydrogens is 489 g/mol. The molecule has 0 saturated heterocycles. The third-order valence-corrected chi connectivity index (χ3v) is 16.0. The van der Waals surface area contributed by atoms with E-state index in [0.717, 1.165) is 20.0 Å². The van der Waals surface area contributed by atoms with Gasteiger partial charge in [0.05, 0.1) is 38.3 Å². The first-order valence-corrected chi connectivity index (χ1v) is 14.5. The van der Waals surface area contributed by atoms with Gasteiger partial charge < -0.3 is 10.2 Å². The minimum Gasteiger partial charge on any atom is -0.481 e. The van der Waals surface area contributed by atoms with Gasteiger partial charge in [0, 0.05) is 22.0 Å². The molecule has 12 heteroatoms. The molecule has 4 rings (SSSR count). The Kier molecular flexibility index (Phi) is 6.82. The van der Waals surface area contributed by atoms with Crippen LogP contribution in [0.4, 0.5) is 0 Å². The Hall–Kier alpha value is 0.960. The van der Waals surface area contributed by atoms with Crippen LogP contribution >= 0.6 is 94.1 Å². The van der Waals surface area contributed by atoms with Gasteiger partial charge in [-0.05, 0) is 0 Å². The van der Waals surface area contributed by atoms with Gasteiger partial charge in [-0.1, -0.05) is 47.0 Å². The van der Waals surface area contributed by atoms with Crippen LogP contribution in [-0.2, 0) is 9.59 Å². The van der Waals surface area contributed by atoms with Crippen LogP contribution in [0.25, 0.3) is 0 Å². The molecule has 4 heterocycles. The van der Waals surface area contributed by atoms with Gasteiger partial charge in [-0.25, -0.2) is 0 Å². The summed E-state index contributed by atoms with van der Waals surface area (Å²) in [6.45, 7) is 0. The standard InChI is InChI=1S/C14H12O4S8/c15-7(16)3-5-6(4-8(17)18)22-12-11(21-5)25-14(26-12)13-23-9-10(24-13)20-2-1-19-9/h5-6H,1-4H2,(H,15,16)(H,17,18)/t5-,6-/m0/s1. The lowest BCUT2D eigenvalue weighted by molar-refractivity contribution is -0.139. The van der Waals surface area contributed by atoms with E-state index in [0.29, 0.717) is 0 Å². The zero-order chi connectivity index (χ0) is 18.3. The highest BCUT2D eigenvalue weighted by atomic mass is 32.3. The van der Waals surface area contributed by atoms with E-state index >= 15 is 0 Å². The van der Waals surface area contributed by atoms with Crippen molar-refractivity contribution in [2.45, 2.75) is 23.3 Å². The summed E-state index contributed by atoms with van der Waals surface area (Å²) in [5.74, 6) is 0.580. The molecule has 140 valence electrons. The highest BCUT2D eigenvalue weighted by molar-refractivity contribution is 8.45. The van der Waals surface area contributed by atoms with E-state index in [2.05, 4.69) is 0 Å². The molecule has 0 unspecified atom stereocenters. The number of aliphatic carboxylic acids is 2. The fraction of sp³-hybridized carbons (Fsp3) is 0.429. The highest BCUT2D eigenvalue weighted by Gasteiger charge is 2.40. The summed E-state index contributed by atoms with van der Waals surface area (Å²) < 4.78 is 7.67. The van der Waals surface area contributed by atoms with Crippen LogP contribution in [-0.4, -0.2) is 44.2 Å². The SMILES string of the molecule is O=C(O)C[C@@H]1SC2=C(SC(=C3SC4=C(SCCS4)S3)S2)S[C@H]1CC(=O)O. The third-order valence-electron chi connectivity index (χ3n) is 3.47. The summed E-state index contributed by atoms with van der Waals surface area (Å²) >= 11 is 14.1. The van der Waals surface area contributed by atoms with Crippen LogP contribution in [0.2, 0.25) is 0 Å². The lowest BCUT2D eigenvalue weighted by atomic mass is 10.2. The Morgan fingerprint density at radius 1 is 0.692 bits per heavy atom. The Bertz CT molecular complexity index is 700. The molecule has 2 atom stereocenters. The second-order valence-electron chi connectivity index (χ2n) is 5.34. The monoisotopic (exact) mass is 500 g/mol. The van der Waals surface area contributed by atoms with Crippen molar-refractivity contribution < 1.29 is 19.8 Å². The predicted molar refractivity (Wildman–Crippen MR) is 124 cm³/mol. The summed E-state index contributed by atoms with van der Waals surface area (Å²) in [4.78, 5) is 22.4. The zero-order valence-electron chi connectivity index (χ0n) is 13.0. The number of hydrogen-bond donors (Lipinski definition) is 2. The van der Waals surface area contributed by atoms with E-state index in [4.69, 9.17) is 0 Å². The van der Waals surface area contributed by atoms with Gasteiger partial charge in [-0.3, -0.25) is 9.59 Å². The van der Waals surface area contributed by atoms with E-state index in [1.54, 1.807) is 47.0 Å².